The number of allylic oxidation sites excluding steroid dienone is 2. The number of carbonyl (C=O) groups excluding carboxylic acids is 1. The van der Waals surface area contributed by atoms with Crippen molar-refractivity contribution in [2.24, 2.45) is 17.8 Å². The standard InChI is InChI=1S/C48H66O14S/c1-25-11-9-12-31-24-55-45-40(49)28(4)19-34(48(31,45)52)46(51)58-33-20-32(61-47(23-33)17-16-27(3)43(62-47)37-13-10-18-63-37)15-14-26(2)42(25)59-39-22-36(54-8)44(30(6)57-39)60-38-21-35(53-7)41(50)29(5)56-38/h9-14,16-19,25,27,29-30,32-36,38-45,49-50,52H,15,20-24H2,1-8H3/b11-9-,26-14-,31-12?/t25-,27-,29-,30-,32+,33-,34-,35-,36-,38-,39-,40+,41-,42-,43?,44-,45+,47+,48+/m0/s1. The Morgan fingerprint density at radius 1 is 0.873 bits per heavy atom. The Bertz CT molecular complexity index is 1910. The van der Waals surface area contributed by atoms with Crippen molar-refractivity contribution >= 4 is 17.3 Å². The van der Waals surface area contributed by atoms with Gasteiger partial charge in [-0.2, -0.15) is 0 Å². The van der Waals surface area contributed by atoms with E-state index in [1.807, 2.05) is 43.5 Å². The summed E-state index contributed by atoms with van der Waals surface area (Å²) in [5, 5.41) is 36.3. The van der Waals surface area contributed by atoms with Gasteiger partial charge in [0.2, 0.25) is 0 Å². The minimum Gasteiger partial charge on any atom is -0.462 e. The van der Waals surface area contributed by atoms with Gasteiger partial charge in [0.15, 0.2) is 18.4 Å². The number of rotatable bonds is 7. The molecule has 0 radical (unpaired) electrons. The second kappa shape index (κ2) is 19.3. The molecule has 1 aromatic rings. The third-order valence-electron chi connectivity index (χ3n) is 14.1. The number of aliphatic hydroxyl groups is 3. The van der Waals surface area contributed by atoms with Gasteiger partial charge in [-0.3, -0.25) is 4.79 Å². The highest BCUT2D eigenvalue weighted by Crippen LogP contribution is 2.48. The van der Waals surface area contributed by atoms with Gasteiger partial charge < -0.3 is 62.7 Å². The van der Waals surface area contributed by atoms with Crippen molar-refractivity contribution in [1.82, 2.24) is 0 Å². The van der Waals surface area contributed by atoms with Crippen LogP contribution in [-0.2, 0) is 52.2 Å². The van der Waals surface area contributed by atoms with E-state index >= 15 is 0 Å². The quantitative estimate of drug-likeness (QED) is 0.223. The first-order valence-corrected chi connectivity index (χ1v) is 23.4. The maximum absolute atomic E-state index is 14.4. The van der Waals surface area contributed by atoms with E-state index in [9.17, 15) is 20.1 Å². The van der Waals surface area contributed by atoms with Crippen molar-refractivity contribution in [1.29, 1.82) is 0 Å². The Morgan fingerprint density at radius 2 is 1.62 bits per heavy atom. The Hall–Kier alpha value is -2.61. The zero-order valence-corrected chi connectivity index (χ0v) is 38.4. The van der Waals surface area contributed by atoms with Crippen LogP contribution in [0, 0.1) is 17.8 Å². The van der Waals surface area contributed by atoms with Gasteiger partial charge in [-0.1, -0.05) is 56.4 Å². The average Bonchev–Trinajstić information content (AvgIpc) is 3.91. The summed E-state index contributed by atoms with van der Waals surface area (Å²) < 4.78 is 63.7. The Kier molecular flexibility index (Phi) is 14.4. The molecule has 15 heteroatoms. The van der Waals surface area contributed by atoms with Crippen molar-refractivity contribution in [3.8, 4) is 0 Å². The van der Waals surface area contributed by atoms with Crippen LogP contribution in [0.3, 0.4) is 0 Å². The molecule has 1 aliphatic carbocycles. The largest absolute Gasteiger partial charge is 0.462 e. The van der Waals surface area contributed by atoms with Crippen LogP contribution >= 0.6 is 11.3 Å². The van der Waals surface area contributed by atoms with Crippen molar-refractivity contribution in [2.75, 3.05) is 20.8 Å². The molecule has 14 nitrogen and oxygen atoms in total. The van der Waals surface area contributed by atoms with Gasteiger partial charge >= 0.3 is 5.97 Å². The fourth-order valence-electron chi connectivity index (χ4n) is 10.4. The van der Waals surface area contributed by atoms with E-state index in [1.54, 1.807) is 51.6 Å². The zero-order valence-electron chi connectivity index (χ0n) is 37.6. The SMILES string of the molecule is CO[C@H]1C[C@H](O[C@H]2[C@H](C)O[C@@H](O[C@@H]3/C(C)=C\C[C@@H]4C[C@@H](C[C@]5(C=C[C@H](C)C(c6cccs6)O5)O4)OC(=O)[C@@H]4C=C(C)[C@@H](O)[C@H]5OCC(=C/C=C\[C@@H]3C)[C@]54O)C[C@@H]2OC)O[C@@H](C)[C@@H]1O. The van der Waals surface area contributed by atoms with E-state index < -0.39 is 96.9 Å². The van der Waals surface area contributed by atoms with Gasteiger partial charge in [-0.25, -0.2) is 0 Å². The molecule has 7 heterocycles. The molecule has 63 heavy (non-hydrogen) atoms. The molecule has 1 unspecified atom stereocenters. The molecule has 7 aliphatic rings. The second-order valence-corrected chi connectivity index (χ2v) is 19.5. The summed E-state index contributed by atoms with van der Waals surface area (Å²) in [6, 6.07) is 4.07. The first kappa shape index (κ1) is 46.9. The van der Waals surface area contributed by atoms with Crippen LogP contribution in [-0.4, -0.2) is 133 Å². The lowest BCUT2D eigenvalue weighted by Gasteiger charge is -2.47. The summed E-state index contributed by atoms with van der Waals surface area (Å²) in [5.41, 5.74) is 0.0981. The number of hydrogen-bond donors (Lipinski definition) is 3. The highest BCUT2D eigenvalue weighted by Gasteiger charge is 2.60. The van der Waals surface area contributed by atoms with Gasteiger partial charge in [0.1, 0.15) is 48.1 Å². The van der Waals surface area contributed by atoms with E-state index in [0.717, 1.165) is 10.5 Å². The fourth-order valence-corrected chi connectivity index (χ4v) is 11.3. The maximum Gasteiger partial charge on any atom is 0.316 e. The number of carbonyl (C=O) groups is 1. The van der Waals surface area contributed by atoms with E-state index in [1.165, 1.54) is 0 Å². The van der Waals surface area contributed by atoms with Crippen LogP contribution < -0.4 is 0 Å². The number of methoxy groups -OCH3 is 2. The molecule has 19 atom stereocenters. The highest BCUT2D eigenvalue weighted by molar-refractivity contribution is 7.10. The number of aliphatic hydroxyl groups excluding tert-OH is 2. The number of thiophene rings is 1. The minimum absolute atomic E-state index is 0.0249. The summed E-state index contributed by atoms with van der Waals surface area (Å²) in [6.45, 7) is 11.7. The van der Waals surface area contributed by atoms with Crippen LogP contribution in [0.4, 0.5) is 0 Å². The van der Waals surface area contributed by atoms with Crippen molar-refractivity contribution in [2.45, 2.75) is 171 Å². The summed E-state index contributed by atoms with van der Waals surface area (Å²) in [4.78, 5) is 15.5. The smallest absolute Gasteiger partial charge is 0.316 e. The monoisotopic (exact) mass is 898 g/mol. The van der Waals surface area contributed by atoms with Crippen LogP contribution in [0.25, 0.3) is 0 Å². The summed E-state index contributed by atoms with van der Waals surface area (Å²) in [7, 11) is 3.22. The van der Waals surface area contributed by atoms with Gasteiger partial charge in [-0.15, -0.1) is 11.3 Å². The van der Waals surface area contributed by atoms with Crippen molar-refractivity contribution in [3.63, 3.8) is 0 Å². The minimum atomic E-state index is -1.85. The lowest BCUT2D eigenvalue weighted by Crippen LogP contribution is -2.58. The Balaban J connectivity index is 1.09. The van der Waals surface area contributed by atoms with Crippen LogP contribution in [0.2, 0.25) is 0 Å². The molecular formula is C48H66O14S. The number of fused-ring (bicyclic) bond motifs is 2. The van der Waals surface area contributed by atoms with Gasteiger partial charge in [0.05, 0.1) is 43.2 Å². The molecular weight excluding hydrogens is 833 g/mol. The van der Waals surface area contributed by atoms with E-state index in [-0.39, 0.29) is 37.1 Å². The molecule has 3 N–H and O–H groups in total. The Morgan fingerprint density at radius 3 is 2.37 bits per heavy atom. The van der Waals surface area contributed by atoms with Gasteiger partial charge in [0, 0.05) is 56.6 Å². The van der Waals surface area contributed by atoms with Crippen molar-refractivity contribution < 1.29 is 67.5 Å². The number of hydrogen-bond acceptors (Lipinski definition) is 15. The van der Waals surface area contributed by atoms with Gasteiger partial charge in [0.25, 0.3) is 0 Å². The topological polar surface area (TPSA) is 170 Å². The molecule has 4 saturated heterocycles. The summed E-state index contributed by atoms with van der Waals surface area (Å²) >= 11 is 1.63. The molecule has 0 saturated carbocycles. The third-order valence-corrected chi connectivity index (χ3v) is 15.0. The van der Waals surface area contributed by atoms with Crippen molar-refractivity contribution in [3.05, 3.63) is 81.6 Å². The molecule has 1 spiro atoms. The number of esters is 1. The molecule has 8 rings (SSSR count). The molecule has 0 amide bonds. The average molecular weight is 899 g/mol. The second-order valence-electron chi connectivity index (χ2n) is 18.5. The first-order chi connectivity index (χ1) is 30.1. The lowest BCUT2D eigenvalue weighted by molar-refractivity contribution is -0.318. The predicted octanol–water partition coefficient (Wildman–Crippen LogP) is 5.77. The summed E-state index contributed by atoms with van der Waals surface area (Å²) in [5.74, 6) is -3.00. The molecule has 1 aromatic heterocycles. The maximum atomic E-state index is 14.4. The first-order valence-electron chi connectivity index (χ1n) is 22.5. The fraction of sp³-hybridized carbons (Fsp3) is 0.688. The number of ether oxygens (including phenoxy) is 10. The molecule has 6 aliphatic heterocycles. The van der Waals surface area contributed by atoms with Crippen LogP contribution in [0.1, 0.15) is 84.6 Å². The van der Waals surface area contributed by atoms with Gasteiger partial charge in [-0.05, 0) is 68.4 Å². The molecule has 4 fully saturated rings. The molecule has 2 bridgehead atoms. The predicted molar refractivity (Wildman–Crippen MR) is 231 cm³/mol. The van der Waals surface area contributed by atoms with Crippen LogP contribution in [0.5, 0.6) is 0 Å². The zero-order chi connectivity index (χ0) is 44.8. The summed E-state index contributed by atoms with van der Waals surface area (Å²) in [6.07, 6.45) is 7.17. The normalized spacial score (nSPS) is 47.2. The molecule has 0 aromatic carbocycles. The van der Waals surface area contributed by atoms with Crippen LogP contribution in [0.15, 0.2) is 76.8 Å². The third kappa shape index (κ3) is 9.51. The lowest BCUT2D eigenvalue weighted by atomic mass is 9.71. The van der Waals surface area contributed by atoms with E-state index in [0.29, 0.717) is 36.8 Å². The Labute approximate surface area is 374 Å². The van der Waals surface area contributed by atoms with E-state index in [4.69, 9.17) is 47.4 Å². The van der Waals surface area contributed by atoms with E-state index in [2.05, 4.69) is 32.1 Å². The molecule has 348 valence electrons. The highest BCUT2D eigenvalue weighted by atomic mass is 32.1.